The van der Waals surface area contributed by atoms with Gasteiger partial charge in [0.15, 0.2) is 17.3 Å². The van der Waals surface area contributed by atoms with E-state index < -0.39 is 4.92 Å². The third-order valence-electron chi connectivity index (χ3n) is 3.69. The first-order chi connectivity index (χ1) is 12.9. The second kappa shape index (κ2) is 9.33. The van der Waals surface area contributed by atoms with Gasteiger partial charge < -0.3 is 9.47 Å². The van der Waals surface area contributed by atoms with Crippen LogP contribution in [0.1, 0.15) is 29.8 Å². The summed E-state index contributed by atoms with van der Waals surface area (Å²) in [6, 6.07) is 11.0. The molecule has 0 heterocycles. The lowest BCUT2D eigenvalue weighted by atomic mass is 10.1. The number of nitro benzene ring substituents is 1. The van der Waals surface area contributed by atoms with Gasteiger partial charge in [-0.1, -0.05) is 29.8 Å². The van der Waals surface area contributed by atoms with Gasteiger partial charge in [0.05, 0.1) is 12.0 Å². The van der Waals surface area contributed by atoms with Gasteiger partial charge in [0.1, 0.15) is 6.61 Å². The lowest BCUT2D eigenvalue weighted by Crippen LogP contribution is -1.98. The van der Waals surface area contributed by atoms with Crippen LogP contribution >= 0.6 is 0 Å². The first kappa shape index (κ1) is 19.9. The van der Waals surface area contributed by atoms with E-state index in [9.17, 15) is 14.9 Å². The number of nitrogens with zero attached hydrogens (tertiary/aromatic N) is 1. The van der Waals surface area contributed by atoms with Gasteiger partial charge in [0.2, 0.25) is 0 Å². The number of ketones is 1. The minimum atomic E-state index is -0.528. The highest BCUT2D eigenvalue weighted by atomic mass is 16.6. The van der Waals surface area contributed by atoms with Gasteiger partial charge >= 0.3 is 0 Å². The van der Waals surface area contributed by atoms with Gasteiger partial charge in [-0.3, -0.25) is 14.9 Å². The Morgan fingerprint density at radius 2 is 1.93 bits per heavy atom. The number of rotatable bonds is 8. The minimum absolute atomic E-state index is 0.117. The highest BCUT2D eigenvalue weighted by Crippen LogP contribution is 2.28. The van der Waals surface area contributed by atoms with Crippen LogP contribution in [0.3, 0.4) is 0 Å². The van der Waals surface area contributed by atoms with E-state index >= 15 is 0 Å². The van der Waals surface area contributed by atoms with E-state index in [1.54, 1.807) is 37.5 Å². The Bertz CT molecular complexity index is 895. The molecule has 0 fully saturated rings. The van der Waals surface area contributed by atoms with Crippen molar-refractivity contribution in [3.8, 4) is 11.5 Å². The highest BCUT2D eigenvalue weighted by Gasteiger charge is 2.10. The van der Waals surface area contributed by atoms with E-state index in [1.165, 1.54) is 24.3 Å². The summed E-state index contributed by atoms with van der Waals surface area (Å²) in [4.78, 5) is 22.5. The molecular formula is C21H21NO5. The molecular weight excluding hydrogens is 346 g/mol. The Labute approximate surface area is 157 Å². The van der Waals surface area contributed by atoms with Crippen LogP contribution in [-0.2, 0) is 0 Å². The van der Waals surface area contributed by atoms with E-state index in [0.29, 0.717) is 18.1 Å². The molecule has 0 saturated carbocycles. The fourth-order valence-electron chi connectivity index (χ4n) is 2.25. The highest BCUT2D eigenvalue weighted by molar-refractivity contribution is 6.07. The quantitative estimate of drug-likeness (QED) is 0.219. The zero-order valence-electron chi connectivity index (χ0n) is 15.5. The molecule has 0 unspecified atom stereocenters. The standard InChI is InChI=1S/C21H21NO5/c1-15(2)11-12-27-20-10-8-16(13-21(20)26-3)7-9-19(23)17-5-4-6-18(14-17)22(24)25/h4-11,13-14H,12H2,1-3H3/b9-7+. The van der Waals surface area contributed by atoms with Crippen molar-refractivity contribution in [1.82, 2.24) is 0 Å². The van der Waals surface area contributed by atoms with E-state index in [1.807, 2.05) is 19.9 Å². The second-order valence-corrected chi connectivity index (χ2v) is 6.01. The van der Waals surface area contributed by atoms with Crippen molar-refractivity contribution in [2.24, 2.45) is 0 Å². The van der Waals surface area contributed by atoms with Gasteiger partial charge in [-0.05, 0) is 43.7 Å². The molecule has 0 radical (unpaired) electrons. The average Bonchev–Trinajstić information content (AvgIpc) is 2.66. The molecule has 2 rings (SSSR count). The summed E-state index contributed by atoms with van der Waals surface area (Å²) in [5.41, 5.74) is 2.05. The summed E-state index contributed by atoms with van der Waals surface area (Å²) in [6.45, 7) is 4.43. The monoisotopic (exact) mass is 367 g/mol. The summed E-state index contributed by atoms with van der Waals surface area (Å²) in [7, 11) is 1.55. The Hall–Kier alpha value is -3.41. The molecule has 0 atom stereocenters. The maximum absolute atomic E-state index is 12.2. The summed E-state index contributed by atoms with van der Waals surface area (Å²) < 4.78 is 11.0. The molecule has 0 aromatic heterocycles. The van der Waals surface area contributed by atoms with Crippen LogP contribution in [0.4, 0.5) is 5.69 Å². The second-order valence-electron chi connectivity index (χ2n) is 6.01. The smallest absolute Gasteiger partial charge is 0.270 e. The summed E-state index contributed by atoms with van der Waals surface area (Å²) in [6.07, 6.45) is 4.96. The number of hydrogen-bond acceptors (Lipinski definition) is 5. The zero-order valence-corrected chi connectivity index (χ0v) is 15.5. The number of hydrogen-bond donors (Lipinski definition) is 0. The Balaban J connectivity index is 2.14. The predicted molar refractivity (Wildman–Crippen MR) is 104 cm³/mol. The van der Waals surface area contributed by atoms with Gasteiger partial charge in [-0.15, -0.1) is 0 Å². The fraction of sp³-hybridized carbons (Fsp3) is 0.190. The Morgan fingerprint density at radius 1 is 1.15 bits per heavy atom. The van der Waals surface area contributed by atoms with E-state index in [0.717, 1.165) is 11.1 Å². The number of carbonyl (C=O) groups is 1. The van der Waals surface area contributed by atoms with Gasteiger partial charge in [0.25, 0.3) is 5.69 Å². The SMILES string of the molecule is COc1cc(/C=C/C(=O)c2cccc([N+](=O)[O-])c2)ccc1OCC=C(C)C. The predicted octanol–water partition coefficient (Wildman–Crippen LogP) is 4.84. The lowest BCUT2D eigenvalue weighted by molar-refractivity contribution is -0.384. The Kier molecular flexibility index (Phi) is 6.88. The van der Waals surface area contributed by atoms with Crippen molar-refractivity contribution in [3.05, 3.63) is 81.4 Å². The molecule has 0 aliphatic heterocycles. The van der Waals surface area contributed by atoms with Crippen LogP contribution in [0, 0.1) is 10.1 Å². The van der Waals surface area contributed by atoms with Crippen LogP contribution in [0.5, 0.6) is 11.5 Å². The van der Waals surface area contributed by atoms with Crippen molar-refractivity contribution in [2.45, 2.75) is 13.8 Å². The zero-order chi connectivity index (χ0) is 19.8. The maximum atomic E-state index is 12.2. The molecule has 140 valence electrons. The number of non-ortho nitro benzene ring substituents is 1. The molecule has 0 N–H and O–H groups in total. The van der Waals surface area contributed by atoms with E-state index in [-0.39, 0.29) is 17.0 Å². The van der Waals surface area contributed by atoms with Gasteiger partial charge in [0, 0.05) is 17.7 Å². The normalized spacial score (nSPS) is 10.5. The molecule has 2 aromatic rings. The van der Waals surface area contributed by atoms with Crippen molar-refractivity contribution in [1.29, 1.82) is 0 Å². The van der Waals surface area contributed by atoms with Gasteiger partial charge in [-0.25, -0.2) is 0 Å². The largest absolute Gasteiger partial charge is 0.493 e. The molecule has 0 bridgehead atoms. The number of methoxy groups -OCH3 is 1. The molecule has 0 saturated heterocycles. The number of nitro groups is 1. The molecule has 0 aliphatic rings. The third-order valence-corrected chi connectivity index (χ3v) is 3.69. The van der Waals surface area contributed by atoms with Crippen molar-refractivity contribution in [3.63, 3.8) is 0 Å². The van der Waals surface area contributed by atoms with E-state index in [2.05, 4.69) is 0 Å². The maximum Gasteiger partial charge on any atom is 0.270 e. The first-order valence-electron chi connectivity index (χ1n) is 8.32. The molecule has 27 heavy (non-hydrogen) atoms. The minimum Gasteiger partial charge on any atom is -0.493 e. The molecule has 0 spiro atoms. The molecule has 2 aromatic carbocycles. The Morgan fingerprint density at radius 3 is 2.59 bits per heavy atom. The number of benzene rings is 2. The van der Waals surface area contributed by atoms with Crippen molar-refractivity contribution >= 4 is 17.5 Å². The van der Waals surface area contributed by atoms with Crippen molar-refractivity contribution in [2.75, 3.05) is 13.7 Å². The topological polar surface area (TPSA) is 78.7 Å². The summed E-state index contributed by atoms with van der Waals surface area (Å²) in [5.74, 6) is 0.848. The first-order valence-corrected chi connectivity index (χ1v) is 8.32. The molecule has 0 aliphatic carbocycles. The van der Waals surface area contributed by atoms with Crippen LogP contribution < -0.4 is 9.47 Å². The van der Waals surface area contributed by atoms with E-state index in [4.69, 9.17) is 9.47 Å². The van der Waals surface area contributed by atoms with Crippen LogP contribution in [0.25, 0.3) is 6.08 Å². The van der Waals surface area contributed by atoms with Crippen LogP contribution in [-0.4, -0.2) is 24.4 Å². The third kappa shape index (κ3) is 5.81. The fourth-order valence-corrected chi connectivity index (χ4v) is 2.25. The summed E-state index contributed by atoms with van der Waals surface area (Å²) in [5, 5.41) is 10.8. The average molecular weight is 367 g/mol. The van der Waals surface area contributed by atoms with Crippen LogP contribution in [0.2, 0.25) is 0 Å². The molecule has 6 nitrogen and oxygen atoms in total. The summed E-state index contributed by atoms with van der Waals surface area (Å²) >= 11 is 0. The number of ether oxygens (including phenoxy) is 2. The van der Waals surface area contributed by atoms with Crippen LogP contribution in [0.15, 0.2) is 60.2 Å². The lowest BCUT2D eigenvalue weighted by Gasteiger charge is -2.10. The van der Waals surface area contributed by atoms with Crippen molar-refractivity contribution < 1.29 is 19.2 Å². The molecule has 0 amide bonds. The number of allylic oxidation sites excluding steroid dienone is 2. The number of carbonyl (C=O) groups excluding carboxylic acids is 1. The van der Waals surface area contributed by atoms with Gasteiger partial charge in [-0.2, -0.15) is 0 Å². The molecule has 6 heteroatoms.